The lowest BCUT2D eigenvalue weighted by Crippen LogP contribution is -2.19. The molecule has 0 unspecified atom stereocenters. The van der Waals surface area contributed by atoms with Crippen LogP contribution in [0.5, 0.6) is 5.75 Å². The largest absolute Gasteiger partial charge is 0.496 e. The molecular formula is C13H17NO3. The maximum absolute atomic E-state index is 11.7. The standard InChI is InChI=1S/C13H17NO3/c1-13(2)7-14-10-6-11(16-3)8(5-9(10)13)12(15)17-4/h5-6,14H,7H2,1-4H3. The van der Waals surface area contributed by atoms with Crippen molar-refractivity contribution in [2.45, 2.75) is 19.3 Å². The van der Waals surface area contributed by atoms with E-state index in [0.717, 1.165) is 17.8 Å². The van der Waals surface area contributed by atoms with Crippen molar-refractivity contribution >= 4 is 11.7 Å². The molecule has 1 aromatic rings. The summed E-state index contributed by atoms with van der Waals surface area (Å²) >= 11 is 0. The van der Waals surface area contributed by atoms with E-state index >= 15 is 0 Å². The van der Waals surface area contributed by atoms with Gasteiger partial charge in [-0.3, -0.25) is 0 Å². The topological polar surface area (TPSA) is 47.6 Å². The fourth-order valence-electron chi connectivity index (χ4n) is 2.14. The van der Waals surface area contributed by atoms with Crippen LogP contribution in [0, 0.1) is 0 Å². The van der Waals surface area contributed by atoms with E-state index in [-0.39, 0.29) is 11.4 Å². The van der Waals surface area contributed by atoms with E-state index in [1.54, 1.807) is 7.11 Å². The van der Waals surface area contributed by atoms with Gasteiger partial charge in [-0.15, -0.1) is 0 Å². The Morgan fingerprint density at radius 2 is 2.06 bits per heavy atom. The third-order valence-electron chi connectivity index (χ3n) is 3.19. The second kappa shape index (κ2) is 3.95. The number of carbonyl (C=O) groups excluding carboxylic acids is 1. The third-order valence-corrected chi connectivity index (χ3v) is 3.19. The number of anilines is 1. The Morgan fingerprint density at radius 1 is 1.35 bits per heavy atom. The first kappa shape index (κ1) is 11.8. The number of ether oxygens (including phenoxy) is 2. The van der Waals surface area contributed by atoms with Crippen LogP contribution in [0.15, 0.2) is 12.1 Å². The van der Waals surface area contributed by atoms with Crippen LogP contribution in [-0.4, -0.2) is 26.7 Å². The van der Waals surface area contributed by atoms with Gasteiger partial charge in [0, 0.05) is 23.7 Å². The number of esters is 1. The van der Waals surface area contributed by atoms with Gasteiger partial charge in [0.2, 0.25) is 0 Å². The Bertz CT molecular complexity index is 466. The molecule has 17 heavy (non-hydrogen) atoms. The molecule has 1 aliphatic heterocycles. The van der Waals surface area contributed by atoms with Crippen LogP contribution in [0.3, 0.4) is 0 Å². The zero-order chi connectivity index (χ0) is 12.6. The average molecular weight is 235 g/mol. The molecule has 4 nitrogen and oxygen atoms in total. The monoisotopic (exact) mass is 235 g/mol. The van der Waals surface area contributed by atoms with Crippen LogP contribution < -0.4 is 10.1 Å². The minimum absolute atomic E-state index is 0.0182. The highest BCUT2D eigenvalue weighted by atomic mass is 16.5. The minimum Gasteiger partial charge on any atom is -0.496 e. The number of carbonyl (C=O) groups is 1. The molecule has 0 spiro atoms. The lowest BCUT2D eigenvalue weighted by Gasteiger charge is -2.18. The molecule has 1 heterocycles. The molecule has 0 saturated heterocycles. The summed E-state index contributed by atoms with van der Waals surface area (Å²) in [7, 11) is 2.92. The number of methoxy groups -OCH3 is 2. The fraction of sp³-hybridized carbons (Fsp3) is 0.462. The van der Waals surface area contributed by atoms with Crippen LogP contribution in [0.25, 0.3) is 0 Å². The Hall–Kier alpha value is -1.71. The minimum atomic E-state index is -0.368. The van der Waals surface area contributed by atoms with E-state index in [9.17, 15) is 4.79 Å². The third kappa shape index (κ3) is 1.84. The van der Waals surface area contributed by atoms with Gasteiger partial charge in [-0.05, 0) is 11.6 Å². The van der Waals surface area contributed by atoms with Gasteiger partial charge in [-0.25, -0.2) is 4.79 Å². The Morgan fingerprint density at radius 3 is 2.65 bits per heavy atom. The van der Waals surface area contributed by atoms with Gasteiger partial charge < -0.3 is 14.8 Å². The molecule has 0 bridgehead atoms. The summed E-state index contributed by atoms with van der Waals surface area (Å²) in [6, 6.07) is 3.72. The van der Waals surface area contributed by atoms with Gasteiger partial charge in [0.15, 0.2) is 0 Å². The summed E-state index contributed by atoms with van der Waals surface area (Å²) in [5.74, 6) is 0.174. The highest BCUT2D eigenvalue weighted by molar-refractivity contribution is 5.94. The second-order valence-electron chi connectivity index (χ2n) is 4.83. The number of benzene rings is 1. The molecule has 0 aliphatic carbocycles. The molecule has 0 atom stereocenters. The van der Waals surface area contributed by atoms with Gasteiger partial charge >= 0.3 is 5.97 Å². The Balaban J connectivity index is 2.57. The van der Waals surface area contributed by atoms with E-state index < -0.39 is 0 Å². The molecule has 4 heteroatoms. The number of nitrogens with one attached hydrogen (secondary N) is 1. The van der Waals surface area contributed by atoms with Crippen molar-refractivity contribution in [3.8, 4) is 5.75 Å². The van der Waals surface area contributed by atoms with Crippen LogP contribution in [-0.2, 0) is 10.2 Å². The molecule has 0 amide bonds. The summed E-state index contributed by atoms with van der Waals surface area (Å²) in [5, 5.41) is 3.32. The van der Waals surface area contributed by atoms with Crippen molar-refractivity contribution in [2.24, 2.45) is 0 Å². The Kier molecular flexibility index (Phi) is 2.73. The van der Waals surface area contributed by atoms with Gasteiger partial charge in [-0.2, -0.15) is 0 Å². The van der Waals surface area contributed by atoms with Crippen molar-refractivity contribution < 1.29 is 14.3 Å². The second-order valence-corrected chi connectivity index (χ2v) is 4.83. The van der Waals surface area contributed by atoms with Crippen LogP contribution in [0.2, 0.25) is 0 Å². The molecule has 0 aromatic heterocycles. The van der Waals surface area contributed by atoms with Gasteiger partial charge in [0.1, 0.15) is 11.3 Å². The van der Waals surface area contributed by atoms with Crippen LogP contribution >= 0.6 is 0 Å². The van der Waals surface area contributed by atoms with Crippen LogP contribution in [0.4, 0.5) is 5.69 Å². The molecular weight excluding hydrogens is 218 g/mol. The number of hydrogen-bond donors (Lipinski definition) is 1. The van der Waals surface area contributed by atoms with E-state index in [4.69, 9.17) is 9.47 Å². The fourth-order valence-corrected chi connectivity index (χ4v) is 2.14. The first-order chi connectivity index (χ1) is 7.99. The van der Waals surface area contributed by atoms with Crippen molar-refractivity contribution in [2.75, 3.05) is 26.1 Å². The predicted molar refractivity (Wildman–Crippen MR) is 65.8 cm³/mol. The number of hydrogen-bond acceptors (Lipinski definition) is 4. The van der Waals surface area contributed by atoms with Crippen LogP contribution in [0.1, 0.15) is 29.8 Å². The quantitative estimate of drug-likeness (QED) is 0.798. The molecule has 0 radical (unpaired) electrons. The summed E-state index contributed by atoms with van der Waals surface area (Å²) < 4.78 is 9.99. The summed E-state index contributed by atoms with van der Waals surface area (Å²) in [5.41, 5.74) is 2.65. The highest BCUT2D eigenvalue weighted by Crippen LogP contribution is 2.40. The molecule has 1 aromatic carbocycles. The summed E-state index contributed by atoms with van der Waals surface area (Å²) in [6.45, 7) is 5.13. The normalized spacial score (nSPS) is 16.0. The van der Waals surface area contributed by atoms with E-state index in [1.807, 2.05) is 12.1 Å². The number of rotatable bonds is 2. The van der Waals surface area contributed by atoms with Crippen molar-refractivity contribution in [3.63, 3.8) is 0 Å². The van der Waals surface area contributed by atoms with Crippen molar-refractivity contribution in [3.05, 3.63) is 23.3 Å². The van der Waals surface area contributed by atoms with E-state index in [0.29, 0.717) is 11.3 Å². The molecule has 0 fully saturated rings. The first-order valence-corrected chi connectivity index (χ1v) is 5.54. The maximum Gasteiger partial charge on any atom is 0.341 e. The molecule has 0 saturated carbocycles. The van der Waals surface area contributed by atoms with Crippen molar-refractivity contribution in [1.82, 2.24) is 0 Å². The molecule has 1 N–H and O–H groups in total. The number of fused-ring (bicyclic) bond motifs is 1. The SMILES string of the molecule is COC(=O)c1cc2c(cc1OC)NCC2(C)C. The van der Waals surface area contributed by atoms with Gasteiger partial charge in [-0.1, -0.05) is 13.8 Å². The van der Waals surface area contributed by atoms with Gasteiger partial charge in [0.05, 0.1) is 14.2 Å². The summed E-state index contributed by atoms with van der Waals surface area (Å²) in [4.78, 5) is 11.7. The Labute approximate surface area is 101 Å². The highest BCUT2D eigenvalue weighted by Gasteiger charge is 2.32. The average Bonchev–Trinajstić information content (AvgIpc) is 2.62. The van der Waals surface area contributed by atoms with E-state index in [2.05, 4.69) is 19.2 Å². The smallest absolute Gasteiger partial charge is 0.341 e. The summed E-state index contributed by atoms with van der Waals surface area (Å²) in [6.07, 6.45) is 0. The molecule has 2 rings (SSSR count). The maximum atomic E-state index is 11.7. The van der Waals surface area contributed by atoms with Gasteiger partial charge in [0.25, 0.3) is 0 Å². The lowest BCUT2D eigenvalue weighted by atomic mass is 9.86. The first-order valence-electron chi connectivity index (χ1n) is 5.54. The predicted octanol–water partition coefficient (Wildman–Crippen LogP) is 2.18. The van der Waals surface area contributed by atoms with E-state index in [1.165, 1.54) is 7.11 Å². The zero-order valence-corrected chi connectivity index (χ0v) is 10.6. The van der Waals surface area contributed by atoms with Crippen molar-refractivity contribution in [1.29, 1.82) is 0 Å². The molecule has 92 valence electrons. The zero-order valence-electron chi connectivity index (χ0n) is 10.6. The molecule has 1 aliphatic rings. The lowest BCUT2D eigenvalue weighted by molar-refractivity contribution is 0.0597.